The lowest BCUT2D eigenvalue weighted by molar-refractivity contribution is 0.862. The maximum Gasteiger partial charge on any atom is 0.0540 e. The standard InChI is InChI=1S/C85H79N5S/c1-9-11-24-64(6)83(32-12-10-2)89(72-30-22-26-67(38-43-72)63(5)35-34-62(3)4)79-56-52-76(53-57-79)88(75-50-48-74(49-51-75)87(71-28-18-16-14-13-15-17-19-29-71)73-44-39-69(40-45-73)82-60-36-65(7)86-82)77-54-58-80(59-55-77)90(84-33-23-27-68-25-20-21-31-81(68)84)78-46-41-70(42-47-78)85-61-37-66(8)91-85/h2,9,11-12,16-21,23,25-28,30-61,86H,13-15,24,29H2,1,3-8H3/b11-9-,18-16-,19-17-,32-12-,63-35+,71-28+,83-64+. The number of H-pyrrole nitrogens is 1. The largest absolute Gasteiger partial charge is 0.359 e. The van der Waals surface area contributed by atoms with Crippen molar-refractivity contribution in [1.29, 1.82) is 0 Å². The number of benzene rings is 7. The van der Waals surface area contributed by atoms with Gasteiger partial charge in [-0.1, -0.05) is 127 Å². The Hall–Kier alpha value is -10.5. The van der Waals surface area contributed by atoms with Gasteiger partial charge in [-0.25, -0.2) is 0 Å². The highest BCUT2D eigenvalue weighted by atomic mass is 32.1. The van der Waals surface area contributed by atoms with E-state index in [1.165, 1.54) is 42.9 Å². The van der Waals surface area contributed by atoms with Crippen LogP contribution in [-0.2, 0) is 0 Å². The Labute approximate surface area is 544 Å². The molecule has 0 atom stereocenters. The molecule has 0 bridgehead atoms. The van der Waals surface area contributed by atoms with Gasteiger partial charge in [-0.05, 0) is 265 Å². The summed E-state index contributed by atoms with van der Waals surface area (Å²) in [5.41, 5.74) is 25.3. The average molecular weight is 1200 g/mol. The molecule has 0 radical (unpaired) electrons. The van der Waals surface area contributed by atoms with E-state index in [0.29, 0.717) is 0 Å². The number of aromatic nitrogens is 1. The zero-order valence-corrected chi connectivity index (χ0v) is 54.2. The lowest BCUT2D eigenvalue weighted by Crippen LogP contribution is -2.21. The smallest absolute Gasteiger partial charge is 0.0540 e. The normalized spacial score (nSPS) is 15.0. The molecule has 6 heteroatoms. The van der Waals surface area contributed by atoms with Crippen LogP contribution in [0, 0.1) is 26.2 Å². The molecule has 450 valence electrons. The van der Waals surface area contributed by atoms with Crippen LogP contribution in [0.15, 0.2) is 324 Å². The Morgan fingerprint density at radius 3 is 1.84 bits per heavy atom. The predicted molar refractivity (Wildman–Crippen MR) is 394 cm³/mol. The molecule has 0 unspecified atom stereocenters. The molecule has 0 amide bonds. The molecule has 0 saturated carbocycles. The summed E-state index contributed by atoms with van der Waals surface area (Å²) < 4.78 is 0. The third kappa shape index (κ3) is 15.0. The molecular formula is C85H79N5S. The summed E-state index contributed by atoms with van der Waals surface area (Å²) >= 11 is 1.82. The van der Waals surface area contributed by atoms with Crippen molar-refractivity contribution in [1.82, 2.24) is 4.98 Å². The van der Waals surface area contributed by atoms with Crippen molar-refractivity contribution in [3.63, 3.8) is 0 Å². The van der Waals surface area contributed by atoms with Crippen molar-refractivity contribution < 1.29 is 0 Å². The van der Waals surface area contributed by atoms with Crippen LogP contribution >= 0.6 is 11.3 Å². The van der Waals surface area contributed by atoms with Gasteiger partial charge < -0.3 is 24.6 Å². The summed E-state index contributed by atoms with van der Waals surface area (Å²) in [5, 5.41) is 2.36. The minimum absolute atomic E-state index is 0.756. The number of nitrogens with zero attached hydrogens (tertiary/aromatic N) is 4. The summed E-state index contributed by atoms with van der Waals surface area (Å²) in [4.78, 5) is 15.5. The molecule has 2 heterocycles. The van der Waals surface area contributed by atoms with Gasteiger partial charge in [-0.3, -0.25) is 0 Å². The number of aryl methyl sites for hydroxylation is 2. The van der Waals surface area contributed by atoms with Crippen LogP contribution in [0.25, 0.3) is 32.5 Å². The Morgan fingerprint density at radius 1 is 0.593 bits per heavy atom. The third-order valence-corrected chi connectivity index (χ3v) is 17.5. The Balaban J connectivity index is 1.05. The van der Waals surface area contributed by atoms with E-state index in [1.54, 1.807) is 6.08 Å². The number of aromatic amines is 1. The van der Waals surface area contributed by atoms with Gasteiger partial charge in [0.1, 0.15) is 0 Å². The first-order chi connectivity index (χ1) is 44.5. The van der Waals surface area contributed by atoms with Crippen molar-refractivity contribution in [3.8, 4) is 34.0 Å². The SMILES string of the molecule is C#C/C=C\C(=C(\C)C/C=C\C)N(C1=CC=C(/C(C)=C/C=C(C)C)C=C=C1)c1ccc(N(c2ccc(N(/C3=C/C=C\CCC/C=C\C3)c3ccc(-c4ccc(C)[nH]4)cc3)cc2)c2ccc(N(c3ccc(-c4ccc(C)s4)cc3)c3cccc4ccccc34)cc2)cc1. The van der Waals surface area contributed by atoms with Gasteiger partial charge in [-0.2, -0.15) is 0 Å². The van der Waals surface area contributed by atoms with Crippen molar-refractivity contribution in [2.24, 2.45) is 0 Å². The van der Waals surface area contributed by atoms with Gasteiger partial charge in [0.25, 0.3) is 0 Å². The molecule has 7 aromatic carbocycles. The topological polar surface area (TPSA) is 28.8 Å². The molecule has 0 spiro atoms. The fourth-order valence-corrected chi connectivity index (χ4v) is 12.5. The molecular weight excluding hydrogens is 1120 g/mol. The highest BCUT2D eigenvalue weighted by Crippen LogP contribution is 2.44. The Kier molecular flexibility index (Phi) is 20.2. The number of thiophene rings is 1. The fourth-order valence-electron chi connectivity index (χ4n) is 11.6. The molecule has 0 fully saturated rings. The molecule has 91 heavy (non-hydrogen) atoms. The van der Waals surface area contributed by atoms with Crippen LogP contribution in [0.2, 0.25) is 0 Å². The first-order valence-corrected chi connectivity index (χ1v) is 32.4. The van der Waals surface area contributed by atoms with Crippen LogP contribution in [0.4, 0.5) is 51.2 Å². The second-order valence-corrected chi connectivity index (χ2v) is 24.6. The molecule has 5 nitrogen and oxygen atoms in total. The number of rotatable bonds is 19. The number of nitrogens with one attached hydrogen (secondary N) is 1. The number of hydrogen-bond acceptors (Lipinski definition) is 5. The minimum atomic E-state index is 0.756. The molecule has 11 rings (SSSR count). The zero-order valence-electron chi connectivity index (χ0n) is 53.4. The van der Waals surface area contributed by atoms with E-state index in [-0.39, 0.29) is 0 Å². The van der Waals surface area contributed by atoms with Gasteiger partial charge >= 0.3 is 0 Å². The maximum absolute atomic E-state index is 5.99. The molecule has 2 aliphatic carbocycles. The highest BCUT2D eigenvalue weighted by Gasteiger charge is 2.23. The molecule has 0 aliphatic heterocycles. The second kappa shape index (κ2) is 29.6. The van der Waals surface area contributed by atoms with Crippen molar-refractivity contribution in [3.05, 3.63) is 335 Å². The first kappa shape index (κ1) is 62.1. The number of terminal acetylenes is 1. The quantitative estimate of drug-likeness (QED) is 0.0378. The first-order valence-electron chi connectivity index (χ1n) is 31.6. The third-order valence-electron chi connectivity index (χ3n) is 16.4. The molecule has 2 aliphatic rings. The van der Waals surface area contributed by atoms with E-state index in [9.17, 15) is 0 Å². The number of fused-ring (bicyclic) bond motifs is 1. The maximum atomic E-state index is 5.99. The van der Waals surface area contributed by atoms with E-state index in [2.05, 4.69) is 358 Å². The van der Waals surface area contributed by atoms with Gasteiger partial charge in [0.15, 0.2) is 0 Å². The van der Waals surface area contributed by atoms with Gasteiger partial charge in [0.2, 0.25) is 0 Å². The number of hydrogen-bond donors (Lipinski definition) is 1. The summed E-state index contributed by atoms with van der Waals surface area (Å²) in [7, 11) is 0. The minimum Gasteiger partial charge on any atom is -0.359 e. The van der Waals surface area contributed by atoms with E-state index in [1.807, 2.05) is 11.3 Å². The molecule has 1 N–H and O–H groups in total. The van der Waals surface area contributed by atoms with Crippen LogP contribution in [0.1, 0.15) is 77.3 Å². The van der Waals surface area contributed by atoms with Gasteiger partial charge in [-0.15, -0.1) is 23.5 Å². The van der Waals surface area contributed by atoms with Crippen LogP contribution < -0.4 is 19.6 Å². The fraction of sp³-hybridized carbons (Fsp3) is 0.141. The summed E-state index contributed by atoms with van der Waals surface area (Å²) in [6.45, 7) is 14.9. The summed E-state index contributed by atoms with van der Waals surface area (Å²) in [6.07, 6.45) is 43.2. The van der Waals surface area contributed by atoms with Crippen molar-refractivity contribution in [2.45, 2.75) is 80.6 Å². The van der Waals surface area contributed by atoms with E-state index in [4.69, 9.17) is 6.42 Å². The average Bonchev–Trinajstić information content (AvgIpc) is 1.38. The Morgan fingerprint density at radius 2 is 1.21 bits per heavy atom. The van der Waals surface area contributed by atoms with Crippen LogP contribution in [0.5, 0.6) is 0 Å². The van der Waals surface area contributed by atoms with Gasteiger partial charge in [0, 0.05) is 95.9 Å². The van der Waals surface area contributed by atoms with E-state index < -0.39 is 0 Å². The zero-order chi connectivity index (χ0) is 63.1. The molecule has 2 aromatic heterocycles. The lowest BCUT2D eigenvalue weighted by atomic mass is 10.1. The van der Waals surface area contributed by atoms with Crippen molar-refractivity contribution >= 4 is 73.3 Å². The van der Waals surface area contributed by atoms with Gasteiger partial charge in [0.05, 0.1) is 11.4 Å². The summed E-state index contributed by atoms with van der Waals surface area (Å²) in [6, 6.07) is 68.9. The van der Waals surface area contributed by atoms with Crippen molar-refractivity contribution in [2.75, 3.05) is 19.6 Å². The second-order valence-electron chi connectivity index (χ2n) is 23.3. The number of allylic oxidation sites excluding steroid dienone is 18. The molecule has 0 saturated heterocycles. The van der Waals surface area contributed by atoms with Crippen LogP contribution in [0.3, 0.4) is 0 Å². The predicted octanol–water partition coefficient (Wildman–Crippen LogP) is 24.5. The molecule has 9 aromatic rings. The van der Waals surface area contributed by atoms with Crippen LogP contribution in [-0.4, -0.2) is 4.98 Å². The number of anilines is 9. The summed E-state index contributed by atoms with van der Waals surface area (Å²) in [5.74, 6) is 2.78. The monoisotopic (exact) mass is 1200 g/mol. The lowest BCUT2D eigenvalue weighted by Gasteiger charge is -2.31. The van der Waals surface area contributed by atoms with E-state index >= 15 is 0 Å². The van der Waals surface area contributed by atoms with E-state index in [0.717, 1.165) is 123 Å². The highest BCUT2D eigenvalue weighted by molar-refractivity contribution is 7.15. The Bertz CT molecular complexity index is 4460.